The number of unbranched alkanes of at least 4 members (excludes halogenated alkanes) is 3. The molecule has 0 aliphatic rings. The smallest absolute Gasteiger partial charge is 0.293 e. The van der Waals surface area contributed by atoms with E-state index in [1.807, 2.05) is 18.2 Å². The molecule has 1 aromatic carbocycles. The predicted molar refractivity (Wildman–Crippen MR) is 75.4 cm³/mol. The molecule has 3 nitrogen and oxygen atoms in total. The van der Waals surface area contributed by atoms with E-state index in [1.165, 1.54) is 0 Å². The van der Waals surface area contributed by atoms with Crippen LogP contribution in [-0.2, 0) is 16.0 Å². The van der Waals surface area contributed by atoms with Crippen LogP contribution in [0.25, 0.3) is 10.8 Å². The minimum absolute atomic E-state index is 0.499. The van der Waals surface area contributed by atoms with Gasteiger partial charge < -0.3 is 9.15 Å². The van der Waals surface area contributed by atoms with Crippen molar-refractivity contribution in [3.8, 4) is 0 Å². The summed E-state index contributed by atoms with van der Waals surface area (Å²) in [6, 6.07) is 5.80. The van der Waals surface area contributed by atoms with E-state index in [0.29, 0.717) is 13.1 Å². The predicted octanol–water partition coefficient (Wildman–Crippen LogP) is 4.36. The zero-order chi connectivity index (χ0) is 13.5. The Labute approximate surface area is 117 Å². The van der Waals surface area contributed by atoms with E-state index < -0.39 is 0 Å². The Balaban J connectivity index is 1.78. The Kier molecular flexibility index (Phi) is 5.28. The van der Waals surface area contributed by atoms with Crippen molar-refractivity contribution in [2.24, 2.45) is 0 Å². The summed E-state index contributed by atoms with van der Waals surface area (Å²) in [7, 11) is 0. The molecule has 2 rings (SSSR count). The van der Waals surface area contributed by atoms with Crippen molar-refractivity contribution in [3.63, 3.8) is 0 Å². The summed E-state index contributed by atoms with van der Waals surface area (Å²) in [6.07, 6.45) is 6.84. The molecule has 19 heavy (non-hydrogen) atoms. The molecule has 0 saturated heterocycles. The standard InChI is InChI=1S/C15H17ClO3/c16-13-7-6-12-10-19-15(14(12)9-13)5-3-1-2-4-8-18-11-17/h6-7,9-11H,1-5,8H2. The molecule has 1 heterocycles. The number of hydrogen-bond acceptors (Lipinski definition) is 3. The second-order valence-electron chi connectivity index (χ2n) is 4.52. The van der Waals surface area contributed by atoms with Gasteiger partial charge in [0.15, 0.2) is 0 Å². The topological polar surface area (TPSA) is 39.4 Å². The molecule has 0 saturated carbocycles. The molecule has 1 aromatic heterocycles. The third-order valence-corrected chi connectivity index (χ3v) is 3.36. The van der Waals surface area contributed by atoms with Crippen LogP contribution in [0.2, 0.25) is 5.02 Å². The lowest BCUT2D eigenvalue weighted by atomic mass is 10.1. The van der Waals surface area contributed by atoms with Crippen LogP contribution in [0, 0.1) is 0 Å². The van der Waals surface area contributed by atoms with Gasteiger partial charge in [-0.05, 0) is 31.0 Å². The molecule has 0 amide bonds. The molecule has 2 aromatic rings. The van der Waals surface area contributed by atoms with Crippen molar-refractivity contribution in [2.45, 2.75) is 32.1 Å². The zero-order valence-electron chi connectivity index (χ0n) is 10.7. The van der Waals surface area contributed by atoms with E-state index in [4.69, 9.17) is 16.0 Å². The average molecular weight is 281 g/mol. The van der Waals surface area contributed by atoms with Gasteiger partial charge in [-0.15, -0.1) is 0 Å². The number of fused-ring (bicyclic) bond motifs is 1. The largest absolute Gasteiger partial charge is 0.468 e. The van der Waals surface area contributed by atoms with Crippen molar-refractivity contribution in [1.82, 2.24) is 0 Å². The molecule has 0 aliphatic heterocycles. The van der Waals surface area contributed by atoms with Gasteiger partial charge in [0.1, 0.15) is 5.76 Å². The molecule has 0 aliphatic carbocycles. The lowest BCUT2D eigenvalue weighted by Crippen LogP contribution is -1.92. The van der Waals surface area contributed by atoms with Gasteiger partial charge in [0.25, 0.3) is 6.47 Å². The molecular weight excluding hydrogens is 264 g/mol. The van der Waals surface area contributed by atoms with Gasteiger partial charge in [-0.25, -0.2) is 0 Å². The SMILES string of the molecule is O=COCCCCCCc1occ2ccc(Cl)cc12. The number of carbonyl (C=O) groups is 1. The molecule has 4 heteroatoms. The average Bonchev–Trinajstić information content (AvgIpc) is 2.80. The molecule has 0 fully saturated rings. The number of halogens is 1. The molecule has 0 spiro atoms. The fraction of sp³-hybridized carbons (Fsp3) is 0.400. The first-order valence-electron chi connectivity index (χ1n) is 6.52. The highest BCUT2D eigenvalue weighted by atomic mass is 35.5. The minimum atomic E-state index is 0.499. The second-order valence-corrected chi connectivity index (χ2v) is 4.96. The van der Waals surface area contributed by atoms with Crippen molar-refractivity contribution >= 4 is 28.8 Å². The highest BCUT2D eigenvalue weighted by Gasteiger charge is 2.06. The van der Waals surface area contributed by atoms with Crippen LogP contribution in [0.1, 0.15) is 31.4 Å². The summed E-state index contributed by atoms with van der Waals surface area (Å²) in [5, 5.41) is 2.94. The monoisotopic (exact) mass is 280 g/mol. The van der Waals surface area contributed by atoms with Crippen LogP contribution in [0.3, 0.4) is 0 Å². The van der Waals surface area contributed by atoms with E-state index >= 15 is 0 Å². The fourth-order valence-electron chi connectivity index (χ4n) is 2.14. The van der Waals surface area contributed by atoms with Crippen LogP contribution in [0.15, 0.2) is 28.9 Å². The first kappa shape index (κ1) is 13.9. The molecule has 0 radical (unpaired) electrons. The van der Waals surface area contributed by atoms with Gasteiger partial charge in [-0.3, -0.25) is 4.79 Å². The van der Waals surface area contributed by atoms with E-state index in [2.05, 4.69) is 4.74 Å². The first-order chi connectivity index (χ1) is 9.31. The highest BCUT2D eigenvalue weighted by molar-refractivity contribution is 6.31. The molecule has 0 atom stereocenters. The molecule has 0 N–H and O–H groups in total. The van der Waals surface area contributed by atoms with Crippen LogP contribution in [0.5, 0.6) is 0 Å². The van der Waals surface area contributed by atoms with Crippen LogP contribution < -0.4 is 0 Å². The Morgan fingerprint density at radius 3 is 2.89 bits per heavy atom. The lowest BCUT2D eigenvalue weighted by Gasteiger charge is -2.00. The Hall–Kier alpha value is -1.48. The number of furan rings is 1. The number of rotatable bonds is 8. The van der Waals surface area contributed by atoms with Gasteiger partial charge in [0.05, 0.1) is 12.9 Å². The van der Waals surface area contributed by atoms with Crippen molar-refractivity contribution in [3.05, 3.63) is 35.2 Å². The van der Waals surface area contributed by atoms with Crippen molar-refractivity contribution in [2.75, 3.05) is 6.61 Å². The van der Waals surface area contributed by atoms with E-state index in [0.717, 1.165) is 53.7 Å². The summed E-state index contributed by atoms with van der Waals surface area (Å²) in [5.74, 6) is 1.00. The summed E-state index contributed by atoms with van der Waals surface area (Å²) in [5.41, 5.74) is 0. The summed E-state index contributed by atoms with van der Waals surface area (Å²) in [4.78, 5) is 9.96. The summed E-state index contributed by atoms with van der Waals surface area (Å²) >= 11 is 6.00. The van der Waals surface area contributed by atoms with E-state index in [-0.39, 0.29) is 0 Å². The minimum Gasteiger partial charge on any atom is -0.468 e. The van der Waals surface area contributed by atoms with Gasteiger partial charge in [0.2, 0.25) is 0 Å². The molecule has 102 valence electrons. The fourth-order valence-corrected chi connectivity index (χ4v) is 2.31. The summed E-state index contributed by atoms with van der Waals surface area (Å²) < 4.78 is 10.2. The zero-order valence-corrected chi connectivity index (χ0v) is 11.5. The molecular formula is C15H17ClO3. The third-order valence-electron chi connectivity index (χ3n) is 3.13. The highest BCUT2D eigenvalue weighted by Crippen LogP contribution is 2.25. The molecule has 0 unspecified atom stereocenters. The third kappa shape index (κ3) is 4.00. The summed E-state index contributed by atoms with van der Waals surface area (Å²) in [6.45, 7) is 1.02. The maximum Gasteiger partial charge on any atom is 0.293 e. The van der Waals surface area contributed by atoms with Crippen LogP contribution in [0.4, 0.5) is 0 Å². The van der Waals surface area contributed by atoms with Crippen LogP contribution in [-0.4, -0.2) is 13.1 Å². The normalized spacial score (nSPS) is 10.8. The van der Waals surface area contributed by atoms with Gasteiger partial charge in [0, 0.05) is 22.2 Å². The van der Waals surface area contributed by atoms with E-state index in [9.17, 15) is 4.79 Å². The number of hydrogen-bond donors (Lipinski definition) is 0. The Morgan fingerprint density at radius 1 is 1.21 bits per heavy atom. The molecule has 0 bridgehead atoms. The maximum absolute atomic E-state index is 9.96. The number of aryl methyl sites for hydroxylation is 1. The van der Waals surface area contributed by atoms with Crippen molar-refractivity contribution in [1.29, 1.82) is 0 Å². The maximum atomic E-state index is 9.96. The van der Waals surface area contributed by atoms with Crippen LogP contribution >= 0.6 is 11.6 Å². The number of ether oxygens (including phenoxy) is 1. The Morgan fingerprint density at radius 2 is 2.05 bits per heavy atom. The Bertz CT molecular complexity index is 533. The van der Waals surface area contributed by atoms with Gasteiger partial charge in [-0.1, -0.05) is 24.4 Å². The van der Waals surface area contributed by atoms with E-state index in [1.54, 1.807) is 6.26 Å². The second kappa shape index (κ2) is 7.19. The van der Waals surface area contributed by atoms with Crippen molar-refractivity contribution < 1.29 is 13.9 Å². The number of benzene rings is 1. The first-order valence-corrected chi connectivity index (χ1v) is 6.90. The quantitative estimate of drug-likeness (QED) is 0.533. The van der Waals surface area contributed by atoms with Gasteiger partial charge in [-0.2, -0.15) is 0 Å². The lowest BCUT2D eigenvalue weighted by molar-refractivity contribution is -0.128. The van der Waals surface area contributed by atoms with Gasteiger partial charge >= 0.3 is 0 Å². The number of carbonyl (C=O) groups excluding carboxylic acids is 1.